The molecule has 2 nitrogen and oxygen atoms in total. The Balaban J connectivity index is 1.50. The number of para-hydroxylation sites is 2. The third-order valence-electron chi connectivity index (χ3n) is 8.52. The van der Waals surface area contributed by atoms with Crippen LogP contribution in [0.3, 0.4) is 0 Å². The molecule has 39 heavy (non-hydrogen) atoms. The van der Waals surface area contributed by atoms with Gasteiger partial charge < -0.3 is 4.90 Å². The normalized spacial score (nSPS) is 18.8. The average molecular weight is 522 g/mol. The van der Waals surface area contributed by atoms with Gasteiger partial charge in [-0.1, -0.05) is 114 Å². The van der Waals surface area contributed by atoms with Gasteiger partial charge in [-0.05, 0) is 44.4 Å². The van der Waals surface area contributed by atoms with Gasteiger partial charge in [-0.3, -0.25) is 0 Å². The zero-order valence-corrected chi connectivity index (χ0v) is 25.2. The molecule has 2 aromatic carbocycles. The fourth-order valence-corrected chi connectivity index (χ4v) is 6.29. The van der Waals surface area contributed by atoms with E-state index < -0.39 is 0 Å². The minimum atomic E-state index is 0.0116. The Morgan fingerprint density at radius 3 is 2.10 bits per heavy atom. The maximum Gasteiger partial charge on any atom is 0.209 e. The Kier molecular flexibility index (Phi) is 9.49. The highest BCUT2D eigenvalue weighted by atomic mass is 15.2. The summed E-state index contributed by atoms with van der Waals surface area (Å²) >= 11 is 0. The Morgan fingerprint density at radius 1 is 0.692 bits per heavy atom. The van der Waals surface area contributed by atoms with Crippen LogP contribution in [-0.4, -0.2) is 23.4 Å². The molecule has 0 aliphatic carbocycles. The smallest absolute Gasteiger partial charge is 0.209 e. The molecule has 0 amide bonds. The van der Waals surface area contributed by atoms with E-state index in [-0.39, 0.29) is 10.8 Å². The van der Waals surface area contributed by atoms with E-state index in [1.54, 1.807) is 0 Å². The second kappa shape index (κ2) is 12.8. The summed E-state index contributed by atoms with van der Waals surface area (Å²) in [6, 6.07) is 17.8. The van der Waals surface area contributed by atoms with Crippen molar-refractivity contribution < 1.29 is 4.58 Å². The summed E-state index contributed by atoms with van der Waals surface area (Å²) < 4.78 is 2.54. The first kappa shape index (κ1) is 28.9. The van der Waals surface area contributed by atoms with Crippen LogP contribution in [-0.2, 0) is 10.8 Å². The topological polar surface area (TPSA) is 6.25 Å². The predicted molar refractivity (Wildman–Crippen MR) is 171 cm³/mol. The van der Waals surface area contributed by atoms with Crippen molar-refractivity contribution in [3.05, 3.63) is 108 Å². The predicted octanol–water partition coefficient (Wildman–Crippen LogP) is 9.79. The van der Waals surface area contributed by atoms with Crippen molar-refractivity contribution in [3.8, 4) is 0 Å². The van der Waals surface area contributed by atoms with Crippen LogP contribution < -0.4 is 4.90 Å². The van der Waals surface area contributed by atoms with E-state index >= 15 is 0 Å². The molecule has 0 saturated heterocycles. The number of unbranched alkanes of at least 4 members (excludes halogenated alkanes) is 4. The molecular formula is C37H49N2+. The van der Waals surface area contributed by atoms with Crippen molar-refractivity contribution in [3.63, 3.8) is 0 Å². The van der Waals surface area contributed by atoms with Gasteiger partial charge in [0.05, 0.1) is 5.41 Å². The number of hydrogen-bond acceptors (Lipinski definition) is 1. The molecule has 0 saturated carbocycles. The lowest BCUT2D eigenvalue weighted by Crippen LogP contribution is -2.27. The maximum absolute atomic E-state index is 2.54. The summed E-state index contributed by atoms with van der Waals surface area (Å²) in [4.78, 5) is 2.54. The first-order valence-electron chi connectivity index (χ1n) is 15.2. The lowest BCUT2D eigenvalue weighted by Gasteiger charge is -2.27. The first-order chi connectivity index (χ1) is 18.8. The second-order valence-electron chi connectivity index (χ2n) is 12.1. The van der Waals surface area contributed by atoms with Crippen molar-refractivity contribution >= 4 is 17.1 Å². The molecular weight excluding hydrogens is 472 g/mol. The lowest BCUT2D eigenvalue weighted by molar-refractivity contribution is -0.438. The number of allylic oxidation sites excluding steroid dienone is 8. The van der Waals surface area contributed by atoms with Crippen LogP contribution in [0.25, 0.3) is 0 Å². The van der Waals surface area contributed by atoms with Crippen molar-refractivity contribution in [1.82, 2.24) is 0 Å². The van der Waals surface area contributed by atoms with Gasteiger partial charge in [-0.2, -0.15) is 4.58 Å². The minimum absolute atomic E-state index is 0.0116. The SMILES string of the molecule is CCCCCN1\C(=C/C=C/C=C/C=C/C2=[N+](CCCCC)c3ccccc3C2(C)C)C(C)(C)c2ccccc21. The molecule has 0 radical (unpaired) electrons. The summed E-state index contributed by atoms with van der Waals surface area (Å²) in [6.07, 6.45) is 23.0. The zero-order chi connectivity index (χ0) is 27.9. The second-order valence-corrected chi connectivity index (χ2v) is 12.1. The van der Waals surface area contributed by atoms with Gasteiger partial charge >= 0.3 is 0 Å². The van der Waals surface area contributed by atoms with Gasteiger partial charge in [0.25, 0.3) is 0 Å². The number of anilines is 1. The van der Waals surface area contributed by atoms with Gasteiger partial charge in [0.15, 0.2) is 5.71 Å². The van der Waals surface area contributed by atoms with E-state index in [4.69, 9.17) is 0 Å². The van der Waals surface area contributed by atoms with E-state index in [0.717, 1.165) is 13.1 Å². The van der Waals surface area contributed by atoms with E-state index in [9.17, 15) is 0 Å². The highest BCUT2D eigenvalue weighted by molar-refractivity contribution is 6.03. The minimum Gasteiger partial charge on any atom is -0.344 e. The van der Waals surface area contributed by atoms with E-state index in [1.807, 2.05) is 0 Å². The van der Waals surface area contributed by atoms with Gasteiger partial charge in [-0.15, -0.1) is 0 Å². The highest BCUT2D eigenvalue weighted by Gasteiger charge is 2.43. The summed E-state index contributed by atoms with van der Waals surface area (Å²) in [5, 5.41) is 0. The Morgan fingerprint density at radius 2 is 1.33 bits per heavy atom. The molecule has 2 heteroatoms. The molecule has 0 unspecified atom stereocenters. The van der Waals surface area contributed by atoms with Gasteiger partial charge in [0, 0.05) is 47.5 Å². The number of nitrogens with zero attached hydrogens (tertiary/aromatic N) is 2. The van der Waals surface area contributed by atoms with E-state index in [1.165, 1.54) is 72.4 Å². The molecule has 2 aliphatic heterocycles. The molecule has 206 valence electrons. The molecule has 4 rings (SSSR count). The van der Waals surface area contributed by atoms with Crippen LogP contribution in [0.15, 0.2) is 96.8 Å². The van der Waals surface area contributed by atoms with Crippen molar-refractivity contribution in [1.29, 1.82) is 0 Å². The Hall–Kier alpha value is -3.13. The maximum atomic E-state index is 2.54. The van der Waals surface area contributed by atoms with E-state index in [0.29, 0.717) is 0 Å². The monoisotopic (exact) mass is 521 g/mol. The molecule has 2 heterocycles. The number of benzene rings is 2. The van der Waals surface area contributed by atoms with E-state index in [2.05, 4.69) is 142 Å². The fraction of sp³-hybridized carbons (Fsp3) is 0.432. The summed E-state index contributed by atoms with van der Waals surface area (Å²) in [7, 11) is 0. The molecule has 0 bridgehead atoms. The molecule has 2 aromatic rings. The van der Waals surface area contributed by atoms with Crippen molar-refractivity contribution in [2.45, 2.75) is 90.9 Å². The Labute approximate surface area is 238 Å². The molecule has 2 aliphatic rings. The van der Waals surface area contributed by atoms with Crippen LogP contribution >= 0.6 is 0 Å². The highest BCUT2D eigenvalue weighted by Crippen LogP contribution is 2.47. The largest absolute Gasteiger partial charge is 0.344 e. The average Bonchev–Trinajstić information content (AvgIpc) is 3.28. The van der Waals surface area contributed by atoms with Crippen LogP contribution in [0.1, 0.15) is 91.2 Å². The quantitative estimate of drug-likeness (QED) is 0.153. The number of hydrogen-bond donors (Lipinski definition) is 0. The summed E-state index contributed by atoms with van der Waals surface area (Å²) in [6.45, 7) is 16.1. The van der Waals surface area contributed by atoms with Crippen LogP contribution in [0, 0.1) is 0 Å². The Bertz CT molecular complexity index is 1280. The standard InChI is InChI=1S/C37H49N2/c1-7-9-20-28-38-32-24-18-16-22-30(32)36(3,4)34(38)26-14-12-11-13-15-27-35-37(5,6)31-23-17-19-25-33(31)39(35)29-21-10-8-2/h11-19,22-27H,7-10,20-21,28-29H2,1-6H3/q+1. The summed E-state index contributed by atoms with van der Waals surface area (Å²) in [5.74, 6) is 0. The van der Waals surface area contributed by atoms with Crippen molar-refractivity contribution in [2.75, 3.05) is 18.0 Å². The molecule has 0 fully saturated rings. The van der Waals surface area contributed by atoms with Gasteiger partial charge in [-0.25, -0.2) is 0 Å². The molecule has 0 aromatic heterocycles. The van der Waals surface area contributed by atoms with Crippen molar-refractivity contribution in [2.24, 2.45) is 0 Å². The van der Waals surface area contributed by atoms with Gasteiger partial charge in [0.1, 0.15) is 6.54 Å². The van der Waals surface area contributed by atoms with Crippen LogP contribution in [0.4, 0.5) is 11.4 Å². The molecule has 0 spiro atoms. The first-order valence-corrected chi connectivity index (χ1v) is 15.2. The van der Waals surface area contributed by atoms with Crippen LogP contribution in [0.2, 0.25) is 0 Å². The fourth-order valence-electron chi connectivity index (χ4n) is 6.29. The lowest BCUT2D eigenvalue weighted by atomic mass is 9.81. The number of rotatable bonds is 12. The van der Waals surface area contributed by atoms with Gasteiger partial charge in [0.2, 0.25) is 5.69 Å². The van der Waals surface area contributed by atoms with Crippen LogP contribution in [0.5, 0.6) is 0 Å². The third kappa shape index (κ3) is 6.06. The number of fused-ring (bicyclic) bond motifs is 2. The third-order valence-corrected chi connectivity index (χ3v) is 8.52. The zero-order valence-electron chi connectivity index (χ0n) is 25.2. The molecule has 0 atom stereocenters. The summed E-state index contributed by atoms with van der Waals surface area (Å²) in [5.41, 5.74) is 8.41. The molecule has 0 N–H and O–H groups in total.